The molecule has 0 spiro atoms. The zero-order valence-electron chi connectivity index (χ0n) is 13.9. The number of rotatable bonds is 1. The third-order valence-corrected chi connectivity index (χ3v) is 4.85. The fourth-order valence-corrected chi connectivity index (χ4v) is 3.67. The number of methoxy groups -OCH3 is 1. The van der Waals surface area contributed by atoms with E-state index in [1.54, 1.807) is 13.2 Å². The Bertz CT molecular complexity index is 1180. The Morgan fingerprint density at radius 3 is 2.52 bits per heavy atom. The summed E-state index contributed by atoms with van der Waals surface area (Å²) >= 11 is 0. The van der Waals surface area contributed by atoms with Crippen LogP contribution in [0.2, 0.25) is 0 Å². The normalized spacial score (nSPS) is 13.0. The van der Waals surface area contributed by atoms with Gasteiger partial charge in [0, 0.05) is 5.39 Å². The summed E-state index contributed by atoms with van der Waals surface area (Å²) in [5.74, 6) is 2.16. The molecular formula is C20H16NO4+. The molecule has 1 aromatic heterocycles. The van der Waals surface area contributed by atoms with Gasteiger partial charge in [-0.05, 0) is 35.7 Å². The van der Waals surface area contributed by atoms with Crippen LogP contribution < -0.4 is 18.8 Å². The zero-order chi connectivity index (χ0) is 17.1. The summed E-state index contributed by atoms with van der Waals surface area (Å²) in [7, 11) is 3.53. The molecule has 0 amide bonds. The van der Waals surface area contributed by atoms with E-state index in [4.69, 9.17) is 14.2 Å². The Morgan fingerprint density at radius 2 is 1.72 bits per heavy atom. The van der Waals surface area contributed by atoms with Crippen molar-refractivity contribution < 1.29 is 23.9 Å². The van der Waals surface area contributed by atoms with Gasteiger partial charge in [-0.3, -0.25) is 0 Å². The summed E-state index contributed by atoms with van der Waals surface area (Å²) in [6.45, 7) is 0.256. The van der Waals surface area contributed by atoms with Crippen LogP contribution in [0.5, 0.6) is 23.0 Å². The van der Waals surface area contributed by atoms with Gasteiger partial charge in [-0.15, -0.1) is 0 Å². The van der Waals surface area contributed by atoms with E-state index in [-0.39, 0.29) is 12.5 Å². The number of aryl methyl sites for hydroxylation is 1. The second-order valence-corrected chi connectivity index (χ2v) is 6.21. The fraction of sp³-hybridized carbons (Fsp3) is 0.150. The lowest BCUT2D eigenvalue weighted by Crippen LogP contribution is -2.28. The number of pyridine rings is 1. The van der Waals surface area contributed by atoms with Crippen LogP contribution in [0.15, 0.2) is 42.6 Å². The minimum absolute atomic E-state index is 0.156. The molecule has 2 heterocycles. The van der Waals surface area contributed by atoms with E-state index >= 15 is 0 Å². The molecule has 4 aromatic rings. The first-order valence-corrected chi connectivity index (χ1v) is 8.02. The summed E-state index contributed by atoms with van der Waals surface area (Å²) in [6, 6.07) is 12.0. The molecule has 1 N–H and O–H groups in total. The molecular weight excluding hydrogens is 318 g/mol. The van der Waals surface area contributed by atoms with Gasteiger partial charge in [0.15, 0.2) is 29.2 Å². The number of hydrogen-bond donors (Lipinski definition) is 1. The van der Waals surface area contributed by atoms with E-state index in [1.807, 2.05) is 36.0 Å². The number of aromatic hydroxyl groups is 1. The third-order valence-electron chi connectivity index (χ3n) is 4.85. The number of benzene rings is 3. The Morgan fingerprint density at radius 1 is 0.960 bits per heavy atom. The molecule has 1 aliphatic heterocycles. The Hall–Kier alpha value is -3.21. The highest BCUT2D eigenvalue weighted by atomic mass is 16.7. The van der Waals surface area contributed by atoms with Crippen molar-refractivity contribution in [3.05, 3.63) is 42.6 Å². The number of fused-ring (bicyclic) bond motifs is 6. The van der Waals surface area contributed by atoms with E-state index in [1.165, 1.54) is 0 Å². The van der Waals surface area contributed by atoms with Crippen LogP contribution in [0.4, 0.5) is 0 Å². The van der Waals surface area contributed by atoms with Crippen molar-refractivity contribution in [3.63, 3.8) is 0 Å². The second kappa shape index (κ2) is 4.89. The zero-order valence-corrected chi connectivity index (χ0v) is 13.9. The lowest BCUT2D eigenvalue weighted by Gasteiger charge is -2.10. The van der Waals surface area contributed by atoms with Crippen molar-refractivity contribution in [2.24, 2.45) is 7.05 Å². The topological polar surface area (TPSA) is 51.8 Å². The van der Waals surface area contributed by atoms with Gasteiger partial charge in [0.25, 0.3) is 0 Å². The largest absolute Gasteiger partial charge is 0.504 e. The van der Waals surface area contributed by atoms with Gasteiger partial charge < -0.3 is 19.3 Å². The molecule has 5 nitrogen and oxygen atoms in total. The lowest BCUT2D eigenvalue weighted by atomic mass is 10.00. The summed E-state index contributed by atoms with van der Waals surface area (Å²) < 4.78 is 18.3. The molecule has 0 unspecified atom stereocenters. The number of hydrogen-bond acceptors (Lipinski definition) is 4. The molecule has 0 aliphatic carbocycles. The van der Waals surface area contributed by atoms with Crippen LogP contribution in [0.1, 0.15) is 0 Å². The van der Waals surface area contributed by atoms with Crippen LogP contribution in [-0.2, 0) is 7.05 Å². The standard InChI is InChI=1S/C20H15NO4/c1-21-9-15-12(5-6-16(23-2)20(15)22)13-4-3-11-7-17-18(25-10-24-17)8-14(11)19(13)21/h3-9H,10H2,1-2H3/p+1. The summed E-state index contributed by atoms with van der Waals surface area (Å²) in [6.07, 6.45) is 1.93. The van der Waals surface area contributed by atoms with E-state index in [2.05, 4.69) is 12.1 Å². The molecule has 0 atom stereocenters. The first-order valence-electron chi connectivity index (χ1n) is 8.02. The lowest BCUT2D eigenvalue weighted by molar-refractivity contribution is -0.642. The van der Waals surface area contributed by atoms with Gasteiger partial charge in [0.2, 0.25) is 12.3 Å². The number of ether oxygens (including phenoxy) is 3. The minimum Gasteiger partial charge on any atom is -0.504 e. The number of aromatic nitrogens is 1. The van der Waals surface area contributed by atoms with Crippen LogP contribution >= 0.6 is 0 Å². The van der Waals surface area contributed by atoms with Crippen molar-refractivity contribution in [1.82, 2.24) is 0 Å². The highest BCUT2D eigenvalue weighted by molar-refractivity contribution is 6.15. The first-order chi connectivity index (χ1) is 12.2. The predicted molar refractivity (Wildman–Crippen MR) is 94.5 cm³/mol. The Kier molecular flexibility index (Phi) is 2.77. The molecule has 5 heteroatoms. The van der Waals surface area contributed by atoms with Gasteiger partial charge in [-0.1, -0.05) is 6.07 Å². The van der Waals surface area contributed by atoms with Gasteiger partial charge in [0.05, 0.1) is 23.3 Å². The van der Waals surface area contributed by atoms with E-state index in [0.717, 1.165) is 43.9 Å². The first kappa shape index (κ1) is 14.2. The maximum atomic E-state index is 10.5. The fourth-order valence-electron chi connectivity index (χ4n) is 3.67. The number of phenols is 1. The molecule has 5 rings (SSSR count). The molecule has 0 radical (unpaired) electrons. The van der Waals surface area contributed by atoms with Crippen molar-refractivity contribution in [2.75, 3.05) is 13.9 Å². The van der Waals surface area contributed by atoms with Gasteiger partial charge in [-0.25, -0.2) is 0 Å². The maximum Gasteiger partial charge on any atom is 0.231 e. The molecule has 1 aliphatic rings. The van der Waals surface area contributed by atoms with E-state index in [9.17, 15) is 5.11 Å². The van der Waals surface area contributed by atoms with Crippen LogP contribution in [-0.4, -0.2) is 19.0 Å². The van der Waals surface area contributed by atoms with Crippen LogP contribution in [0, 0.1) is 0 Å². The highest BCUT2D eigenvalue weighted by Crippen LogP contribution is 2.41. The van der Waals surface area contributed by atoms with Crippen LogP contribution in [0.3, 0.4) is 0 Å². The molecule has 0 saturated carbocycles. The predicted octanol–water partition coefficient (Wildman–Crippen LogP) is 3.41. The van der Waals surface area contributed by atoms with Crippen molar-refractivity contribution >= 4 is 32.4 Å². The van der Waals surface area contributed by atoms with Gasteiger partial charge in [0.1, 0.15) is 7.05 Å². The Labute approximate surface area is 143 Å². The van der Waals surface area contributed by atoms with Crippen molar-refractivity contribution in [2.45, 2.75) is 0 Å². The summed E-state index contributed by atoms with van der Waals surface area (Å²) in [5.41, 5.74) is 1.08. The minimum atomic E-state index is 0.156. The SMILES string of the molecule is COc1ccc2c(c[n+](C)c3c4cc5c(cc4ccc23)OCO5)c1O. The van der Waals surface area contributed by atoms with Crippen LogP contribution in [0.25, 0.3) is 32.4 Å². The van der Waals surface area contributed by atoms with Gasteiger partial charge in [-0.2, -0.15) is 4.57 Å². The molecule has 124 valence electrons. The van der Waals surface area contributed by atoms with Gasteiger partial charge >= 0.3 is 0 Å². The van der Waals surface area contributed by atoms with E-state index in [0.29, 0.717) is 5.75 Å². The monoisotopic (exact) mass is 334 g/mol. The summed E-state index contributed by atoms with van der Waals surface area (Å²) in [4.78, 5) is 0. The molecule has 3 aromatic carbocycles. The highest BCUT2D eigenvalue weighted by Gasteiger charge is 2.21. The van der Waals surface area contributed by atoms with Crippen molar-refractivity contribution in [3.8, 4) is 23.0 Å². The third kappa shape index (κ3) is 1.86. The Balaban J connectivity index is 1.95. The quantitative estimate of drug-likeness (QED) is 0.428. The average molecular weight is 334 g/mol. The number of phenolic OH excluding ortho intramolecular Hbond substituents is 1. The van der Waals surface area contributed by atoms with E-state index < -0.39 is 0 Å². The smallest absolute Gasteiger partial charge is 0.231 e. The maximum absolute atomic E-state index is 10.5. The second-order valence-electron chi connectivity index (χ2n) is 6.21. The van der Waals surface area contributed by atoms with Crippen molar-refractivity contribution in [1.29, 1.82) is 0 Å². The molecule has 0 fully saturated rings. The molecule has 0 saturated heterocycles. The molecule has 25 heavy (non-hydrogen) atoms. The number of nitrogens with zero attached hydrogens (tertiary/aromatic N) is 1. The molecule has 0 bridgehead atoms. The average Bonchev–Trinajstić information content (AvgIpc) is 3.07. The summed E-state index contributed by atoms with van der Waals surface area (Å²) in [5, 5.41) is 15.5.